The smallest absolute Gasteiger partial charge is 0.333 e. The number of ether oxygens (including phenoxy) is 2. The van der Waals surface area contributed by atoms with Gasteiger partial charge in [-0.15, -0.1) is 0 Å². The highest BCUT2D eigenvalue weighted by Crippen LogP contribution is 2.42. The number of carbonyl (C=O) groups excluding carboxylic acids is 2. The van der Waals surface area contributed by atoms with Gasteiger partial charge in [0, 0.05) is 0 Å². The second-order valence-corrected chi connectivity index (χ2v) is 4.94. The zero-order valence-corrected chi connectivity index (χ0v) is 12.1. The molecule has 0 radical (unpaired) electrons. The molecule has 1 aliphatic heterocycles. The average Bonchev–Trinajstić information content (AvgIpc) is 2.46. The van der Waals surface area contributed by atoms with E-state index >= 15 is 0 Å². The highest BCUT2D eigenvalue weighted by molar-refractivity contribution is 5.85. The monoisotopic (exact) mass is 274 g/mol. The third-order valence-corrected chi connectivity index (χ3v) is 4.34. The zero-order chi connectivity index (χ0) is 14.7. The summed E-state index contributed by atoms with van der Waals surface area (Å²) < 4.78 is 9.71. The fourth-order valence-electron chi connectivity index (χ4n) is 3.03. The minimum absolute atomic E-state index is 0.432. The zero-order valence-electron chi connectivity index (χ0n) is 12.1. The van der Waals surface area contributed by atoms with Crippen LogP contribution in [0.3, 0.4) is 0 Å². The van der Waals surface area contributed by atoms with Crippen LogP contribution < -0.4 is 0 Å². The van der Waals surface area contributed by atoms with Crippen LogP contribution in [-0.2, 0) is 19.1 Å². The number of piperidine rings is 1. The largest absolute Gasteiger partial charge is 0.467 e. The molecule has 1 unspecified atom stereocenters. The molecule has 110 valence electrons. The lowest BCUT2D eigenvalue weighted by molar-refractivity contribution is -0.266. The van der Waals surface area contributed by atoms with Crippen LogP contribution in [0.4, 0.5) is 0 Å². The number of hydrogen-bond acceptors (Lipinski definition) is 5. The van der Waals surface area contributed by atoms with Crippen molar-refractivity contribution in [1.29, 1.82) is 0 Å². The number of rotatable bonds is 4. The lowest BCUT2D eigenvalue weighted by Crippen LogP contribution is -2.68. The standard InChI is InChI=1S/C13H23NO5/c1-5-12(10(15)18-3)8-7-9-13(6-2,14(12)17)11(16)19-4/h17H,5-9H2,1-4H3/p+1/t12-,13?/m0/s1. The highest BCUT2D eigenvalue weighted by atomic mass is 16.6. The number of nitrogens with zero attached hydrogens (tertiary/aromatic N) is 1. The van der Waals surface area contributed by atoms with Crippen molar-refractivity contribution in [2.75, 3.05) is 14.2 Å². The summed E-state index contributed by atoms with van der Waals surface area (Å²) in [5.41, 5.74) is -2.12. The molecule has 0 amide bonds. The number of hydroxylamine groups is 2. The summed E-state index contributed by atoms with van der Waals surface area (Å²) in [6.45, 7) is 3.67. The predicted molar refractivity (Wildman–Crippen MR) is 69.4 cm³/mol. The van der Waals surface area contributed by atoms with E-state index in [9.17, 15) is 9.59 Å². The van der Waals surface area contributed by atoms with Gasteiger partial charge in [0.2, 0.25) is 0 Å². The maximum absolute atomic E-state index is 12.1. The van der Waals surface area contributed by atoms with Gasteiger partial charge < -0.3 is 14.7 Å². The van der Waals surface area contributed by atoms with E-state index < -0.39 is 23.0 Å². The van der Waals surface area contributed by atoms with E-state index in [1.165, 1.54) is 14.2 Å². The molecule has 2 N–H and O–H groups in total. The minimum atomic E-state index is -1.06. The molecule has 1 rings (SSSR count). The lowest BCUT2D eigenvalue weighted by Gasteiger charge is -2.46. The van der Waals surface area contributed by atoms with E-state index in [1.807, 2.05) is 13.8 Å². The van der Waals surface area contributed by atoms with Gasteiger partial charge in [0.1, 0.15) is 0 Å². The summed E-state index contributed by atoms with van der Waals surface area (Å²) in [5.74, 6) is -0.905. The molecular formula is C13H24NO5+. The van der Waals surface area contributed by atoms with E-state index in [-0.39, 0.29) is 0 Å². The fraction of sp³-hybridized carbons (Fsp3) is 0.846. The van der Waals surface area contributed by atoms with Crippen molar-refractivity contribution in [1.82, 2.24) is 5.06 Å². The maximum atomic E-state index is 12.1. The number of methoxy groups -OCH3 is 2. The summed E-state index contributed by atoms with van der Waals surface area (Å²) in [4.78, 5) is 24.2. The second kappa shape index (κ2) is 5.88. The molecule has 0 bridgehead atoms. The molecule has 1 aliphatic rings. The molecule has 1 saturated heterocycles. The Bertz CT molecular complexity index is 327. The Labute approximate surface area is 113 Å². The number of carbonyl (C=O) groups is 2. The van der Waals surface area contributed by atoms with Crippen LogP contribution in [0.15, 0.2) is 0 Å². The van der Waals surface area contributed by atoms with Gasteiger partial charge in [-0.3, -0.25) is 0 Å². The van der Waals surface area contributed by atoms with Gasteiger partial charge in [0.15, 0.2) is 11.1 Å². The second-order valence-electron chi connectivity index (χ2n) is 4.94. The SMILES string of the molecule is CCC1(C(=O)OC)CCC[C@@](CC)(C(=O)OC)N1[OH2+]. The quantitative estimate of drug-likeness (QED) is 0.558. The van der Waals surface area contributed by atoms with Crippen molar-refractivity contribution >= 4 is 11.9 Å². The van der Waals surface area contributed by atoms with Crippen LogP contribution in [0.5, 0.6) is 0 Å². The van der Waals surface area contributed by atoms with Crippen molar-refractivity contribution in [2.45, 2.75) is 57.0 Å². The summed E-state index contributed by atoms with van der Waals surface area (Å²) in [7, 11) is 2.63. The van der Waals surface area contributed by atoms with E-state index in [4.69, 9.17) is 14.7 Å². The Hall–Kier alpha value is -1.14. The van der Waals surface area contributed by atoms with Crippen LogP contribution >= 0.6 is 0 Å². The Morgan fingerprint density at radius 1 is 1.05 bits per heavy atom. The van der Waals surface area contributed by atoms with Crippen LogP contribution in [0.1, 0.15) is 46.0 Å². The third kappa shape index (κ3) is 2.23. The first-order valence-corrected chi connectivity index (χ1v) is 6.63. The van der Waals surface area contributed by atoms with Gasteiger partial charge in [0.25, 0.3) is 0 Å². The van der Waals surface area contributed by atoms with Crippen molar-refractivity contribution in [3.63, 3.8) is 0 Å². The van der Waals surface area contributed by atoms with E-state index in [2.05, 4.69) is 0 Å². The van der Waals surface area contributed by atoms with Crippen molar-refractivity contribution < 1.29 is 24.3 Å². The summed E-state index contributed by atoms with van der Waals surface area (Å²) >= 11 is 0. The van der Waals surface area contributed by atoms with Crippen LogP contribution in [0.2, 0.25) is 0 Å². The Balaban J connectivity index is 3.25. The molecule has 0 spiro atoms. The molecule has 0 aromatic carbocycles. The normalized spacial score (nSPS) is 31.8. The summed E-state index contributed by atoms with van der Waals surface area (Å²) in [5, 5.41) is 9.52. The number of hydrogen-bond donors (Lipinski definition) is 0. The molecule has 19 heavy (non-hydrogen) atoms. The lowest BCUT2D eigenvalue weighted by atomic mass is 9.75. The third-order valence-electron chi connectivity index (χ3n) is 4.34. The molecule has 0 saturated carbocycles. The molecule has 6 heteroatoms. The van der Waals surface area contributed by atoms with Crippen molar-refractivity contribution in [3.8, 4) is 0 Å². The van der Waals surface area contributed by atoms with Crippen LogP contribution in [0, 0.1) is 0 Å². The first-order valence-electron chi connectivity index (χ1n) is 6.63. The summed E-state index contributed by atoms with van der Waals surface area (Å²) in [6, 6.07) is 0. The van der Waals surface area contributed by atoms with Crippen molar-refractivity contribution in [3.05, 3.63) is 0 Å². The van der Waals surface area contributed by atoms with Gasteiger partial charge >= 0.3 is 11.9 Å². The number of esters is 2. The van der Waals surface area contributed by atoms with E-state index in [0.717, 1.165) is 5.06 Å². The molecule has 6 nitrogen and oxygen atoms in total. The molecule has 0 aromatic heterocycles. The maximum Gasteiger partial charge on any atom is 0.333 e. The predicted octanol–water partition coefficient (Wildman–Crippen LogP) is 0.756. The van der Waals surface area contributed by atoms with E-state index in [1.54, 1.807) is 0 Å². The minimum Gasteiger partial charge on any atom is -0.467 e. The average molecular weight is 274 g/mol. The highest BCUT2D eigenvalue weighted by Gasteiger charge is 2.62. The molecular weight excluding hydrogens is 250 g/mol. The first kappa shape index (κ1) is 15.9. The molecule has 0 aliphatic carbocycles. The first-order chi connectivity index (χ1) is 8.95. The van der Waals surface area contributed by atoms with Crippen LogP contribution in [-0.4, -0.2) is 47.5 Å². The molecule has 2 atom stereocenters. The Morgan fingerprint density at radius 3 is 1.68 bits per heavy atom. The molecule has 1 heterocycles. The molecule has 0 aromatic rings. The van der Waals surface area contributed by atoms with Crippen molar-refractivity contribution in [2.24, 2.45) is 0 Å². The van der Waals surface area contributed by atoms with Crippen LogP contribution in [0.25, 0.3) is 0 Å². The van der Waals surface area contributed by atoms with E-state index in [0.29, 0.717) is 32.1 Å². The van der Waals surface area contributed by atoms with Gasteiger partial charge in [-0.2, -0.15) is 0 Å². The molecule has 1 fully saturated rings. The fourth-order valence-corrected chi connectivity index (χ4v) is 3.03. The topological polar surface area (TPSA) is 78.7 Å². The van der Waals surface area contributed by atoms with Gasteiger partial charge in [-0.25, -0.2) is 9.59 Å². The van der Waals surface area contributed by atoms with Gasteiger partial charge in [-0.05, 0) is 37.2 Å². The van der Waals surface area contributed by atoms with Gasteiger partial charge in [0.05, 0.1) is 14.2 Å². The summed E-state index contributed by atoms with van der Waals surface area (Å²) in [6.07, 6.45) is 2.61. The Kier molecular flexibility index (Phi) is 4.92. The van der Waals surface area contributed by atoms with Gasteiger partial charge in [-0.1, -0.05) is 13.8 Å². The Morgan fingerprint density at radius 2 is 1.42 bits per heavy atom.